The summed E-state index contributed by atoms with van der Waals surface area (Å²) in [6, 6.07) is 13.3. The largest absolute Gasteiger partial charge is 0.490 e. The van der Waals surface area contributed by atoms with Crippen molar-refractivity contribution in [3.63, 3.8) is 0 Å². The van der Waals surface area contributed by atoms with Crippen LogP contribution in [0.1, 0.15) is 24.5 Å². The zero-order valence-electron chi connectivity index (χ0n) is 21.8. The minimum atomic E-state index is -2.80. The van der Waals surface area contributed by atoms with Crippen molar-refractivity contribution < 1.29 is 23.1 Å². The Balaban J connectivity index is 1.91. The molecule has 8 nitrogen and oxygen atoms in total. The third-order valence-corrected chi connectivity index (χ3v) is 6.33. The summed E-state index contributed by atoms with van der Waals surface area (Å²) in [5.41, 5.74) is 15.8. The molecule has 0 amide bonds. The molecule has 0 bridgehead atoms. The van der Waals surface area contributed by atoms with Crippen molar-refractivity contribution in [2.24, 2.45) is 10.7 Å². The van der Waals surface area contributed by atoms with Crippen LogP contribution in [0.15, 0.2) is 59.1 Å². The molecule has 3 aromatic rings. The molecule has 39 heavy (non-hydrogen) atoms. The topological polar surface area (TPSA) is 114 Å². The first kappa shape index (κ1) is 27.3. The summed E-state index contributed by atoms with van der Waals surface area (Å²) in [6.07, 6.45) is 0.140. The molecule has 4 rings (SSSR count). The van der Waals surface area contributed by atoms with Crippen molar-refractivity contribution in [2.45, 2.75) is 13.3 Å². The predicted molar refractivity (Wildman–Crippen MR) is 152 cm³/mol. The Bertz CT molecular complexity index is 1480. The lowest BCUT2D eigenvalue weighted by molar-refractivity contribution is -0.105. The van der Waals surface area contributed by atoms with Gasteiger partial charge in [0.15, 0.2) is 12.1 Å². The van der Waals surface area contributed by atoms with Crippen LogP contribution in [0, 0.1) is 0 Å². The molecule has 0 unspecified atom stereocenters. The number of nitrogens with zero attached hydrogens (tertiary/aromatic N) is 3. The molecule has 0 spiro atoms. The zero-order chi connectivity index (χ0) is 28.3. The number of fused-ring (bicyclic) bond motifs is 1. The van der Waals surface area contributed by atoms with Crippen LogP contribution in [-0.2, 0) is 9.59 Å². The molecule has 0 fully saturated rings. The third kappa shape index (κ3) is 5.59. The Labute approximate surface area is 225 Å². The quantitative estimate of drug-likeness (QED) is 0.133. The Morgan fingerprint density at radius 2 is 1.87 bits per heavy atom. The number of aldehydes is 2. The van der Waals surface area contributed by atoms with E-state index in [-0.39, 0.29) is 28.3 Å². The number of benzene rings is 3. The molecule has 4 N–H and O–H groups in total. The van der Waals surface area contributed by atoms with Crippen LogP contribution in [0.2, 0.25) is 0 Å². The summed E-state index contributed by atoms with van der Waals surface area (Å²) in [7, 11) is 3.80. The second-order valence-electron chi connectivity index (χ2n) is 9.25. The summed E-state index contributed by atoms with van der Waals surface area (Å²) >= 11 is 0. The molecular weight excluding hydrogens is 504 g/mol. The standard InChI is InChI=1S/C29H29F2N5O3/c1-17(15-37)11-21-24(35(2)3)5-4-6-25(21)36-9-10-39-27-14-19(20(29(30)31)13-26(27)36)18-7-8-22(32)23(12-18)34-28(33)16-38/h4-8,11-16,29H,9-10,32H2,1-3H3,(H2,33,34)/b17-11-. The van der Waals surface area contributed by atoms with E-state index in [1.54, 1.807) is 25.1 Å². The Morgan fingerprint density at radius 1 is 1.10 bits per heavy atom. The molecule has 0 aromatic heterocycles. The Morgan fingerprint density at radius 3 is 2.54 bits per heavy atom. The van der Waals surface area contributed by atoms with Gasteiger partial charge in [-0.25, -0.2) is 13.8 Å². The monoisotopic (exact) mass is 533 g/mol. The van der Waals surface area contributed by atoms with E-state index in [2.05, 4.69) is 4.99 Å². The van der Waals surface area contributed by atoms with E-state index >= 15 is 0 Å². The van der Waals surface area contributed by atoms with Crippen LogP contribution in [0.3, 0.4) is 0 Å². The highest BCUT2D eigenvalue weighted by Gasteiger charge is 2.27. The van der Waals surface area contributed by atoms with Crippen LogP contribution in [0.5, 0.6) is 5.75 Å². The fraction of sp³-hybridized carbons (Fsp3) is 0.207. The van der Waals surface area contributed by atoms with E-state index in [1.165, 1.54) is 18.2 Å². The second kappa shape index (κ2) is 11.3. The van der Waals surface area contributed by atoms with Gasteiger partial charge in [-0.05, 0) is 66.1 Å². The van der Waals surface area contributed by atoms with Gasteiger partial charge in [0.2, 0.25) is 0 Å². The first-order chi connectivity index (χ1) is 18.6. The van der Waals surface area contributed by atoms with Gasteiger partial charge in [0.25, 0.3) is 6.43 Å². The van der Waals surface area contributed by atoms with Crippen LogP contribution in [-0.4, -0.2) is 45.7 Å². The molecule has 10 heteroatoms. The smallest absolute Gasteiger partial charge is 0.264 e. The summed E-state index contributed by atoms with van der Waals surface area (Å²) in [4.78, 5) is 30.2. The van der Waals surface area contributed by atoms with Crippen LogP contribution in [0.25, 0.3) is 17.2 Å². The number of hydrogen-bond acceptors (Lipinski definition) is 7. The van der Waals surface area contributed by atoms with Gasteiger partial charge in [-0.3, -0.25) is 9.59 Å². The van der Waals surface area contributed by atoms with Crippen molar-refractivity contribution >= 4 is 52.9 Å². The van der Waals surface area contributed by atoms with E-state index in [0.717, 1.165) is 23.2 Å². The summed E-state index contributed by atoms with van der Waals surface area (Å²) in [5, 5.41) is 0. The van der Waals surface area contributed by atoms with E-state index in [1.807, 2.05) is 42.1 Å². The molecule has 0 atom stereocenters. The number of carbonyl (C=O) groups is 2. The average molecular weight is 534 g/mol. The van der Waals surface area contributed by atoms with Gasteiger partial charge in [0, 0.05) is 30.9 Å². The predicted octanol–water partition coefficient (Wildman–Crippen LogP) is 5.26. The van der Waals surface area contributed by atoms with Gasteiger partial charge >= 0.3 is 0 Å². The Kier molecular flexibility index (Phi) is 7.94. The lowest BCUT2D eigenvalue weighted by atomic mass is 9.96. The number of aliphatic imine (C=N–C) groups is 1. The van der Waals surface area contributed by atoms with Gasteiger partial charge in [-0.2, -0.15) is 0 Å². The molecule has 0 saturated carbocycles. The normalized spacial score (nSPS) is 13.6. The number of alkyl halides is 2. The number of anilines is 4. The fourth-order valence-electron chi connectivity index (χ4n) is 4.51. The van der Waals surface area contributed by atoms with Crippen LogP contribution >= 0.6 is 0 Å². The maximum Gasteiger partial charge on any atom is 0.264 e. The van der Waals surface area contributed by atoms with Crippen molar-refractivity contribution in [3.8, 4) is 16.9 Å². The molecule has 3 aromatic carbocycles. The first-order valence-electron chi connectivity index (χ1n) is 12.1. The number of nitrogen functional groups attached to an aromatic ring is 1. The van der Waals surface area contributed by atoms with Crippen molar-refractivity contribution in [3.05, 3.63) is 65.2 Å². The maximum absolute atomic E-state index is 14.5. The molecule has 1 heterocycles. The highest BCUT2D eigenvalue weighted by atomic mass is 19.3. The maximum atomic E-state index is 14.5. The summed E-state index contributed by atoms with van der Waals surface area (Å²) < 4.78 is 34.9. The lowest BCUT2D eigenvalue weighted by Gasteiger charge is -2.34. The molecule has 0 aliphatic carbocycles. The van der Waals surface area contributed by atoms with E-state index in [0.29, 0.717) is 42.0 Å². The summed E-state index contributed by atoms with van der Waals surface area (Å²) in [5.74, 6) is 0.138. The van der Waals surface area contributed by atoms with Crippen molar-refractivity contribution in [1.29, 1.82) is 0 Å². The van der Waals surface area contributed by atoms with Gasteiger partial charge in [0.1, 0.15) is 18.6 Å². The summed E-state index contributed by atoms with van der Waals surface area (Å²) in [6.45, 7) is 2.44. The fourth-order valence-corrected chi connectivity index (χ4v) is 4.51. The third-order valence-electron chi connectivity index (χ3n) is 6.33. The first-order valence-corrected chi connectivity index (χ1v) is 12.1. The van der Waals surface area contributed by atoms with Gasteiger partial charge in [-0.1, -0.05) is 12.1 Å². The number of rotatable bonds is 8. The molecule has 202 valence electrons. The number of hydrogen-bond donors (Lipinski definition) is 2. The van der Waals surface area contributed by atoms with Gasteiger partial charge in [-0.15, -0.1) is 0 Å². The number of carbonyl (C=O) groups excluding carboxylic acids is 2. The SMILES string of the molecule is C/C(C=O)=C/c1c(N(C)C)cccc1N1CCOc2cc(-c3ccc(N)c(N=C(N)C=O)c3)c(C(F)F)cc21. The molecular formula is C29H29F2N5O3. The average Bonchev–Trinajstić information content (AvgIpc) is 2.92. The van der Waals surface area contributed by atoms with Crippen LogP contribution in [0.4, 0.5) is 37.2 Å². The molecule has 0 radical (unpaired) electrons. The number of allylic oxidation sites excluding steroid dienone is 1. The molecule has 1 aliphatic heterocycles. The lowest BCUT2D eigenvalue weighted by Crippen LogP contribution is -2.29. The number of ether oxygens (including phenoxy) is 1. The highest BCUT2D eigenvalue weighted by Crippen LogP contribution is 2.46. The highest BCUT2D eigenvalue weighted by molar-refractivity contribution is 6.27. The van der Waals surface area contributed by atoms with Crippen molar-refractivity contribution in [2.75, 3.05) is 42.8 Å². The number of amidine groups is 1. The zero-order valence-corrected chi connectivity index (χ0v) is 21.8. The van der Waals surface area contributed by atoms with Crippen LogP contribution < -0.4 is 26.0 Å². The number of halogens is 2. The van der Waals surface area contributed by atoms with Crippen molar-refractivity contribution in [1.82, 2.24) is 0 Å². The molecule has 0 saturated heterocycles. The van der Waals surface area contributed by atoms with E-state index < -0.39 is 6.43 Å². The molecule has 1 aliphatic rings. The van der Waals surface area contributed by atoms with Gasteiger partial charge in [0.05, 0.1) is 29.3 Å². The second-order valence-corrected chi connectivity index (χ2v) is 9.25. The van der Waals surface area contributed by atoms with E-state index in [4.69, 9.17) is 16.2 Å². The number of nitrogens with two attached hydrogens (primary N) is 2. The minimum absolute atomic E-state index is 0.194. The van der Waals surface area contributed by atoms with Gasteiger partial charge < -0.3 is 26.0 Å². The van der Waals surface area contributed by atoms with E-state index in [9.17, 15) is 18.4 Å². The Hall–Kier alpha value is -4.73. The minimum Gasteiger partial charge on any atom is -0.490 e.